The Balaban J connectivity index is 1.94. The number of anilines is 1. The third kappa shape index (κ3) is 6.23. The van der Waals surface area contributed by atoms with Gasteiger partial charge in [-0.2, -0.15) is 13.2 Å². The standard InChI is InChI=1S/C16H15F3N2OS/c17-16(18,19)11-21-15(22)10-20-13-8-4-5-9-14(13)23-12-6-2-1-3-7-12/h1-9,20H,10-11H2,(H,21,22). The van der Waals surface area contributed by atoms with E-state index in [1.807, 2.05) is 47.8 Å². The summed E-state index contributed by atoms with van der Waals surface area (Å²) in [6.45, 7) is -1.55. The van der Waals surface area contributed by atoms with Crippen LogP contribution >= 0.6 is 11.8 Å². The van der Waals surface area contributed by atoms with E-state index >= 15 is 0 Å². The van der Waals surface area contributed by atoms with E-state index in [2.05, 4.69) is 5.32 Å². The number of benzene rings is 2. The molecule has 2 aromatic carbocycles. The number of nitrogens with one attached hydrogen (secondary N) is 2. The molecule has 1 amide bonds. The van der Waals surface area contributed by atoms with Crippen LogP contribution in [0.5, 0.6) is 0 Å². The topological polar surface area (TPSA) is 41.1 Å². The van der Waals surface area contributed by atoms with Crippen molar-refractivity contribution in [3.63, 3.8) is 0 Å². The monoisotopic (exact) mass is 340 g/mol. The largest absolute Gasteiger partial charge is 0.405 e. The van der Waals surface area contributed by atoms with Gasteiger partial charge in [-0.3, -0.25) is 4.79 Å². The SMILES string of the molecule is O=C(CNc1ccccc1Sc1ccccc1)NCC(F)(F)F. The van der Waals surface area contributed by atoms with Crippen LogP contribution in [0.4, 0.5) is 18.9 Å². The lowest BCUT2D eigenvalue weighted by Crippen LogP contribution is -2.37. The van der Waals surface area contributed by atoms with Crippen LogP contribution in [0.1, 0.15) is 0 Å². The van der Waals surface area contributed by atoms with E-state index in [0.29, 0.717) is 5.69 Å². The molecule has 2 aromatic rings. The van der Waals surface area contributed by atoms with Crippen molar-refractivity contribution in [3.05, 3.63) is 54.6 Å². The lowest BCUT2D eigenvalue weighted by Gasteiger charge is -2.12. The highest BCUT2D eigenvalue weighted by atomic mass is 32.2. The second-order valence-corrected chi connectivity index (χ2v) is 5.77. The first kappa shape index (κ1) is 17.2. The average molecular weight is 340 g/mol. The van der Waals surface area contributed by atoms with Gasteiger partial charge in [-0.15, -0.1) is 0 Å². The van der Waals surface area contributed by atoms with Crippen LogP contribution in [0.2, 0.25) is 0 Å². The second kappa shape index (κ2) is 7.92. The van der Waals surface area contributed by atoms with Gasteiger partial charge in [0.1, 0.15) is 6.54 Å². The van der Waals surface area contributed by atoms with Crippen LogP contribution in [-0.2, 0) is 4.79 Å². The molecule has 0 bridgehead atoms. The number of carbonyl (C=O) groups is 1. The highest BCUT2D eigenvalue weighted by molar-refractivity contribution is 7.99. The van der Waals surface area contributed by atoms with E-state index in [-0.39, 0.29) is 6.54 Å². The highest BCUT2D eigenvalue weighted by Gasteiger charge is 2.27. The fourth-order valence-electron chi connectivity index (χ4n) is 1.75. The number of carbonyl (C=O) groups excluding carboxylic acids is 1. The number of halogens is 3. The predicted molar refractivity (Wildman–Crippen MR) is 84.6 cm³/mol. The smallest absolute Gasteiger partial charge is 0.375 e. The molecule has 2 N–H and O–H groups in total. The molecule has 0 aliphatic rings. The Bertz CT molecular complexity index is 647. The summed E-state index contributed by atoms with van der Waals surface area (Å²) in [6.07, 6.45) is -4.41. The van der Waals surface area contributed by atoms with Gasteiger partial charge in [0.2, 0.25) is 5.91 Å². The molecule has 0 unspecified atom stereocenters. The molecule has 2 rings (SSSR count). The zero-order chi connectivity index (χ0) is 16.7. The molecule has 0 atom stereocenters. The Morgan fingerprint density at radius 1 is 1.00 bits per heavy atom. The minimum absolute atomic E-state index is 0.220. The third-order valence-electron chi connectivity index (χ3n) is 2.78. The lowest BCUT2D eigenvalue weighted by atomic mass is 10.3. The van der Waals surface area contributed by atoms with Crippen LogP contribution < -0.4 is 10.6 Å². The maximum Gasteiger partial charge on any atom is 0.405 e. The van der Waals surface area contributed by atoms with E-state index in [1.165, 1.54) is 11.8 Å². The molecule has 0 fully saturated rings. The second-order valence-electron chi connectivity index (χ2n) is 4.66. The minimum atomic E-state index is -4.41. The summed E-state index contributed by atoms with van der Waals surface area (Å²) in [7, 11) is 0. The first-order chi connectivity index (χ1) is 10.9. The summed E-state index contributed by atoms with van der Waals surface area (Å²) in [5.41, 5.74) is 0.698. The van der Waals surface area contributed by atoms with Crippen molar-refractivity contribution >= 4 is 23.4 Å². The van der Waals surface area contributed by atoms with Crippen LogP contribution in [0.15, 0.2) is 64.4 Å². The number of hydrogen-bond acceptors (Lipinski definition) is 3. The van der Waals surface area contributed by atoms with Gasteiger partial charge in [-0.1, -0.05) is 42.1 Å². The number of hydrogen-bond donors (Lipinski definition) is 2. The number of rotatable bonds is 6. The summed E-state index contributed by atoms with van der Waals surface area (Å²) in [6, 6.07) is 17.0. The minimum Gasteiger partial charge on any atom is -0.375 e. The Morgan fingerprint density at radius 3 is 2.35 bits per heavy atom. The molecule has 0 saturated heterocycles. The van der Waals surface area contributed by atoms with Gasteiger partial charge in [-0.25, -0.2) is 0 Å². The van der Waals surface area contributed by atoms with E-state index in [9.17, 15) is 18.0 Å². The van der Waals surface area contributed by atoms with E-state index in [4.69, 9.17) is 0 Å². The third-order valence-corrected chi connectivity index (χ3v) is 3.87. The van der Waals surface area contributed by atoms with Crippen LogP contribution in [-0.4, -0.2) is 25.2 Å². The van der Waals surface area contributed by atoms with Crippen molar-refractivity contribution in [2.24, 2.45) is 0 Å². The van der Waals surface area contributed by atoms with E-state index in [0.717, 1.165) is 9.79 Å². The zero-order valence-electron chi connectivity index (χ0n) is 12.1. The van der Waals surface area contributed by atoms with Gasteiger partial charge in [0.25, 0.3) is 0 Å². The highest BCUT2D eigenvalue weighted by Crippen LogP contribution is 2.32. The number of para-hydroxylation sites is 1. The van der Waals surface area contributed by atoms with Crippen molar-refractivity contribution < 1.29 is 18.0 Å². The molecule has 0 aliphatic heterocycles. The Hall–Kier alpha value is -2.15. The Kier molecular flexibility index (Phi) is 5.92. The molecular formula is C16H15F3N2OS. The fourth-order valence-corrected chi connectivity index (χ4v) is 2.70. The normalized spacial score (nSPS) is 11.1. The van der Waals surface area contributed by atoms with E-state index < -0.39 is 18.6 Å². The van der Waals surface area contributed by atoms with Crippen molar-refractivity contribution in [1.29, 1.82) is 0 Å². The summed E-state index contributed by atoms with van der Waals surface area (Å²) >= 11 is 1.51. The van der Waals surface area contributed by atoms with E-state index in [1.54, 1.807) is 12.1 Å². The van der Waals surface area contributed by atoms with Crippen molar-refractivity contribution in [3.8, 4) is 0 Å². The maximum atomic E-state index is 12.0. The first-order valence-corrected chi connectivity index (χ1v) is 7.65. The summed E-state index contributed by atoms with van der Waals surface area (Å²) in [5, 5.41) is 4.70. The van der Waals surface area contributed by atoms with Gasteiger partial charge >= 0.3 is 6.18 Å². The predicted octanol–water partition coefficient (Wildman–Crippen LogP) is 3.93. The van der Waals surface area contributed by atoms with Crippen molar-refractivity contribution in [2.45, 2.75) is 16.0 Å². The van der Waals surface area contributed by atoms with Crippen molar-refractivity contribution in [1.82, 2.24) is 5.32 Å². The quantitative estimate of drug-likeness (QED) is 0.837. The Morgan fingerprint density at radius 2 is 1.65 bits per heavy atom. The molecule has 3 nitrogen and oxygen atoms in total. The molecule has 122 valence electrons. The molecule has 7 heteroatoms. The Labute approximate surface area is 136 Å². The average Bonchev–Trinajstić information content (AvgIpc) is 2.52. The molecular weight excluding hydrogens is 325 g/mol. The number of amides is 1. The molecule has 0 aliphatic carbocycles. The van der Waals surface area contributed by atoms with Gasteiger partial charge < -0.3 is 10.6 Å². The molecule has 0 saturated carbocycles. The first-order valence-electron chi connectivity index (χ1n) is 6.83. The van der Waals surface area contributed by atoms with Gasteiger partial charge in [0.05, 0.1) is 6.54 Å². The molecule has 23 heavy (non-hydrogen) atoms. The molecule has 0 aromatic heterocycles. The molecule has 0 heterocycles. The van der Waals surface area contributed by atoms with Crippen LogP contribution in [0.25, 0.3) is 0 Å². The van der Waals surface area contributed by atoms with Gasteiger partial charge in [-0.05, 0) is 24.3 Å². The number of alkyl halides is 3. The zero-order valence-corrected chi connectivity index (χ0v) is 12.9. The van der Waals surface area contributed by atoms with Crippen LogP contribution in [0, 0.1) is 0 Å². The summed E-state index contributed by atoms with van der Waals surface area (Å²) in [5.74, 6) is -0.707. The lowest BCUT2D eigenvalue weighted by molar-refractivity contribution is -0.137. The van der Waals surface area contributed by atoms with Crippen molar-refractivity contribution in [2.75, 3.05) is 18.4 Å². The summed E-state index contributed by atoms with van der Waals surface area (Å²) in [4.78, 5) is 13.4. The molecule has 0 radical (unpaired) electrons. The summed E-state index contributed by atoms with van der Waals surface area (Å²) < 4.78 is 36.1. The van der Waals surface area contributed by atoms with Crippen LogP contribution in [0.3, 0.4) is 0 Å². The van der Waals surface area contributed by atoms with Gasteiger partial charge in [0.15, 0.2) is 0 Å². The molecule has 0 spiro atoms. The fraction of sp³-hybridized carbons (Fsp3) is 0.188. The van der Waals surface area contributed by atoms with Gasteiger partial charge in [0, 0.05) is 15.5 Å². The maximum absolute atomic E-state index is 12.0.